The molecule has 0 aliphatic carbocycles. The topological polar surface area (TPSA) is 77.5 Å². The smallest absolute Gasteiger partial charge is 0.186 e. The lowest BCUT2D eigenvalue weighted by atomic mass is 9.94. The minimum Gasteiger partial charge on any atom is -0.292 e. The van der Waals surface area contributed by atoms with Gasteiger partial charge in [-0.05, 0) is 24.3 Å². The van der Waals surface area contributed by atoms with Crippen LogP contribution in [0.15, 0.2) is 48.7 Å². The Balaban J connectivity index is 2.37. The maximum absolute atomic E-state index is 12.3. The van der Waals surface area contributed by atoms with E-state index in [4.69, 9.17) is 10.5 Å². The lowest BCUT2D eigenvalue weighted by Gasteiger charge is -2.07. The van der Waals surface area contributed by atoms with Crippen LogP contribution in [0.2, 0.25) is 0 Å². The Morgan fingerprint density at radius 2 is 2.00 bits per heavy atom. The van der Waals surface area contributed by atoms with Gasteiger partial charge in [0.25, 0.3) is 0 Å². The van der Waals surface area contributed by atoms with Gasteiger partial charge in [0, 0.05) is 11.8 Å². The molecule has 0 N–H and O–H groups in total. The molecule has 1 aromatic heterocycles. The average molecular weight is 247 g/mol. The quantitative estimate of drug-likeness (QED) is 0.780. The van der Waals surface area contributed by atoms with Gasteiger partial charge in [0.1, 0.15) is 0 Å². The lowest BCUT2D eigenvalue weighted by Crippen LogP contribution is -2.12. The van der Waals surface area contributed by atoms with Crippen molar-refractivity contribution in [2.45, 2.75) is 5.92 Å². The Bertz CT molecular complexity index is 681. The summed E-state index contributed by atoms with van der Waals surface area (Å²) in [6.07, 6.45) is 1.54. The van der Waals surface area contributed by atoms with Crippen molar-refractivity contribution >= 4 is 5.78 Å². The van der Waals surface area contributed by atoms with E-state index in [1.165, 1.54) is 6.07 Å². The van der Waals surface area contributed by atoms with E-state index in [2.05, 4.69) is 4.98 Å². The van der Waals surface area contributed by atoms with E-state index in [9.17, 15) is 4.79 Å². The predicted octanol–water partition coefficient (Wildman–Crippen LogP) is 2.44. The Morgan fingerprint density at radius 1 is 1.16 bits per heavy atom. The van der Waals surface area contributed by atoms with Crippen LogP contribution in [0.3, 0.4) is 0 Å². The van der Waals surface area contributed by atoms with Crippen molar-refractivity contribution in [3.63, 3.8) is 0 Å². The second-order valence-corrected chi connectivity index (χ2v) is 3.87. The minimum atomic E-state index is -0.949. The number of Topliss-reactive ketones (excluding diaryl/α,β-unsaturated/α-hetero) is 1. The highest BCUT2D eigenvalue weighted by atomic mass is 16.1. The van der Waals surface area contributed by atoms with E-state index in [0.717, 1.165) is 0 Å². The number of rotatable bonds is 3. The average Bonchev–Trinajstić information content (AvgIpc) is 2.49. The Kier molecular flexibility index (Phi) is 3.66. The van der Waals surface area contributed by atoms with Gasteiger partial charge in [0.2, 0.25) is 0 Å². The third-order valence-electron chi connectivity index (χ3n) is 2.65. The lowest BCUT2D eigenvalue weighted by molar-refractivity contribution is 0.0977. The maximum atomic E-state index is 12.3. The third-order valence-corrected chi connectivity index (χ3v) is 2.65. The monoisotopic (exact) mass is 247 g/mol. The minimum absolute atomic E-state index is 0.344. The summed E-state index contributed by atoms with van der Waals surface area (Å²) >= 11 is 0. The second-order valence-electron chi connectivity index (χ2n) is 3.87. The van der Waals surface area contributed by atoms with Gasteiger partial charge in [0.15, 0.2) is 11.7 Å². The fraction of sp³-hybridized carbons (Fsp3) is 0.0667. The SMILES string of the molecule is N#Cc1cccc(C(=O)C(C#N)c2ccccn2)c1. The van der Waals surface area contributed by atoms with Gasteiger partial charge in [-0.25, -0.2) is 0 Å². The fourth-order valence-corrected chi connectivity index (χ4v) is 1.71. The summed E-state index contributed by atoms with van der Waals surface area (Å²) in [6.45, 7) is 0. The molecule has 0 radical (unpaired) electrons. The molecule has 0 bridgehead atoms. The molecule has 0 saturated carbocycles. The highest BCUT2D eigenvalue weighted by Crippen LogP contribution is 2.19. The molecule has 2 aromatic rings. The Hall–Kier alpha value is -2.98. The van der Waals surface area contributed by atoms with Crippen molar-refractivity contribution in [2.75, 3.05) is 0 Å². The number of carbonyl (C=O) groups is 1. The molecule has 0 amide bonds. The van der Waals surface area contributed by atoms with Crippen LogP contribution in [-0.4, -0.2) is 10.8 Å². The molecule has 0 spiro atoms. The van der Waals surface area contributed by atoms with E-state index < -0.39 is 5.92 Å². The van der Waals surface area contributed by atoms with E-state index in [0.29, 0.717) is 16.8 Å². The first-order chi connectivity index (χ1) is 9.26. The van der Waals surface area contributed by atoms with Gasteiger partial charge >= 0.3 is 0 Å². The number of ketones is 1. The fourth-order valence-electron chi connectivity index (χ4n) is 1.71. The van der Waals surface area contributed by atoms with Crippen LogP contribution in [-0.2, 0) is 0 Å². The van der Waals surface area contributed by atoms with Gasteiger partial charge in [-0.3, -0.25) is 9.78 Å². The largest absolute Gasteiger partial charge is 0.292 e. The van der Waals surface area contributed by atoms with Gasteiger partial charge in [-0.15, -0.1) is 0 Å². The van der Waals surface area contributed by atoms with Gasteiger partial charge in [0.05, 0.1) is 23.4 Å². The van der Waals surface area contributed by atoms with Crippen LogP contribution in [0, 0.1) is 22.7 Å². The molecule has 0 saturated heterocycles. The molecule has 0 aliphatic heterocycles. The molecular weight excluding hydrogens is 238 g/mol. The van der Waals surface area contributed by atoms with Crippen LogP contribution in [0.4, 0.5) is 0 Å². The Morgan fingerprint density at radius 3 is 2.63 bits per heavy atom. The van der Waals surface area contributed by atoms with Crippen molar-refractivity contribution < 1.29 is 4.79 Å². The maximum Gasteiger partial charge on any atom is 0.186 e. The summed E-state index contributed by atoms with van der Waals surface area (Å²) < 4.78 is 0. The van der Waals surface area contributed by atoms with Crippen LogP contribution >= 0.6 is 0 Å². The number of benzene rings is 1. The zero-order valence-electron chi connectivity index (χ0n) is 9.95. The Labute approximate surface area is 110 Å². The van der Waals surface area contributed by atoms with Crippen LogP contribution in [0.1, 0.15) is 27.5 Å². The number of hydrogen-bond donors (Lipinski definition) is 0. The van der Waals surface area contributed by atoms with Crippen LogP contribution in [0.25, 0.3) is 0 Å². The zero-order valence-corrected chi connectivity index (χ0v) is 9.95. The number of carbonyl (C=O) groups excluding carboxylic acids is 1. The number of hydrogen-bond acceptors (Lipinski definition) is 4. The summed E-state index contributed by atoms with van der Waals surface area (Å²) in [5.41, 5.74) is 1.15. The molecule has 1 heterocycles. The summed E-state index contributed by atoms with van der Waals surface area (Å²) in [7, 11) is 0. The third kappa shape index (κ3) is 2.65. The molecule has 4 heteroatoms. The summed E-state index contributed by atoms with van der Waals surface area (Å²) in [4.78, 5) is 16.3. The highest BCUT2D eigenvalue weighted by molar-refractivity contribution is 6.02. The molecular formula is C15H9N3O. The summed E-state index contributed by atoms with van der Waals surface area (Å²) in [5.74, 6) is -1.30. The van der Waals surface area contributed by atoms with Crippen molar-refractivity contribution in [1.29, 1.82) is 10.5 Å². The normalized spacial score (nSPS) is 11.1. The van der Waals surface area contributed by atoms with Crippen molar-refractivity contribution in [3.05, 3.63) is 65.5 Å². The molecule has 1 atom stereocenters. The van der Waals surface area contributed by atoms with Crippen LogP contribution < -0.4 is 0 Å². The van der Waals surface area contributed by atoms with E-state index in [1.54, 1.807) is 42.6 Å². The van der Waals surface area contributed by atoms with Crippen molar-refractivity contribution in [1.82, 2.24) is 4.98 Å². The molecule has 1 aromatic carbocycles. The first kappa shape index (κ1) is 12.5. The standard InChI is InChI=1S/C15H9N3O/c16-9-11-4-3-5-12(8-11)15(19)13(10-17)14-6-1-2-7-18-14/h1-8,13H. The summed E-state index contributed by atoms with van der Waals surface area (Å²) in [6, 6.07) is 15.3. The van der Waals surface area contributed by atoms with Crippen LogP contribution in [0.5, 0.6) is 0 Å². The van der Waals surface area contributed by atoms with Crippen molar-refractivity contribution in [2.24, 2.45) is 0 Å². The van der Waals surface area contributed by atoms with E-state index in [1.807, 2.05) is 12.1 Å². The van der Waals surface area contributed by atoms with Gasteiger partial charge in [-0.2, -0.15) is 10.5 Å². The second kappa shape index (κ2) is 5.57. The molecule has 90 valence electrons. The highest BCUT2D eigenvalue weighted by Gasteiger charge is 2.22. The molecule has 4 nitrogen and oxygen atoms in total. The molecule has 2 rings (SSSR count). The van der Waals surface area contributed by atoms with E-state index >= 15 is 0 Å². The molecule has 1 unspecified atom stereocenters. The first-order valence-corrected chi connectivity index (χ1v) is 5.61. The molecule has 19 heavy (non-hydrogen) atoms. The van der Waals surface area contributed by atoms with Gasteiger partial charge in [-0.1, -0.05) is 18.2 Å². The number of aromatic nitrogens is 1. The number of nitriles is 2. The number of pyridine rings is 1. The van der Waals surface area contributed by atoms with Gasteiger partial charge < -0.3 is 0 Å². The zero-order chi connectivity index (χ0) is 13.7. The van der Waals surface area contributed by atoms with E-state index in [-0.39, 0.29) is 5.78 Å². The first-order valence-electron chi connectivity index (χ1n) is 5.61. The molecule has 0 aliphatic rings. The summed E-state index contributed by atoms with van der Waals surface area (Å²) in [5, 5.41) is 18.0. The molecule has 0 fully saturated rings. The van der Waals surface area contributed by atoms with Crippen molar-refractivity contribution in [3.8, 4) is 12.1 Å². The number of nitrogens with zero attached hydrogens (tertiary/aromatic N) is 3. The predicted molar refractivity (Wildman–Crippen MR) is 68.1 cm³/mol.